The van der Waals surface area contributed by atoms with E-state index >= 15 is 0 Å². The van der Waals surface area contributed by atoms with Gasteiger partial charge in [-0.15, -0.1) is 0 Å². The molecule has 2 N–H and O–H groups in total. The fourth-order valence-corrected chi connectivity index (χ4v) is 1.48. The van der Waals surface area contributed by atoms with Crippen LogP contribution in [0.25, 0.3) is 11.4 Å². The highest BCUT2D eigenvalue weighted by molar-refractivity contribution is 9.10. The van der Waals surface area contributed by atoms with E-state index < -0.39 is 5.97 Å². The number of halogens is 1. The van der Waals surface area contributed by atoms with Crippen LogP contribution in [0.4, 0.5) is 0 Å². The maximum absolute atomic E-state index is 10.9. The van der Waals surface area contributed by atoms with Crippen LogP contribution in [0.5, 0.6) is 0 Å². The summed E-state index contributed by atoms with van der Waals surface area (Å²) in [6, 6.07) is 6.59. The molecular weight excluding hydrogens is 262 g/mol. The maximum Gasteiger partial charge on any atom is 0.336 e. The van der Waals surface area contributed by atoms with E-state index in [1.807, 2.05) is 0 Å². The van der Waals surface area contributed by atoms with Crippen LogP contribution in [-0.2, 0) is 0 Å². The van der Waals surface area contributed by atoms with Gasteiger partial charge in [-0.05, 0) is 22.0 Å². The molecule has 0 fully saturated rings. The molecule has 0 aliphatic rings. The molecule has 1 heterocycles. The first kappa shape index (κ1) is 9.85. The number of hydrogen-bond donors (Lipinski definition) is 2. The minimum absolute atomic E-state index is 0.184. The van der Waals surface area contributed by atoms with Gasteiger partial charge in [0.15, 0.2) is 10.6 Å². The van der Waals surface area contributed by atoms with Crippen molar-refractivity contribution in [1.82, 2.24) is 15.2 Å². The summed E-state index contributed by atoms with van der Waals surface area (Å²) < 4.78 is 0.470. The van der Waals surface area contributed by atoms with Crippen molar-refractivity contribution in [2.24, 2.45) is 0 Å². The minimum Gasteiger partial charge on any atom is -0.478 e. The predicted octanol–water partition coefficient (Wildman–Crippen LogP) is 1.93. The summed E-state index contributed by atoms with van der Waals surface area (Å²) in [4.78, 5) is 14.9. The van der Waals surface area contributed by atoms with Crippen molar-refractivity contribution < 1.29 is 9.90 Å². The van der Waals surface area contributed by atoms with Crippen LogP contribution in [0.15, 0.2) is 29.0 Å². The van der Waals surface area contributed by atoms with Crippen molar-refractivity contribution in [3.05, 3.63) is 34.6 Å². The summed E-state index contributed by atoms with van der Waals surface area (Å²) in [5.74, 6) is -0.633. The van der Waals surface area contributed by atoms with Gasteiger partial charge >= 0.3 is 5.97 Å². The summed E-state index contributed by atoms with van der Waals surface area (Å²) in [6.45, 7) is 0. The van der Waals surface area contributed by atoms with Crippen molar-refractivity contribution in [2.45, 2.75) is 0 Å². The Labute approximate surface area is 93.3 Å². The van der Waals surface area contributed by atoms with Gasteiger partial charge in [-0.1, -0.05) is 18.2 Å². The number of benzene rings is 1. The van der Waals surface area contributed by atoms with Crippen LogP contribution in [0.2, 0.25) is 0 Å². The lowest BCUT2D eigenvalue weighted by molar-refractivity contribution is 0.0697. The Kier molecular flexibility index (Phi) is 2.51. The number of aromatic nitrogens is 3. The highest BCUT2D eigenvalue weighted by Crippen LogP contribution is 2.20. The molecule has 0 aliphatic carbocycles. The second-order valence-corrected chi connectivity index (χ2v) is 3.55. The number of nitrogens with one attached hydrogen (secondary N) is 1. The van der Waals surface area contributed by atoms with Crippen molar-refractivity contribution in [3.8, 4) is 11.4 Å². The van der Waals surface area contributed by atoms with Crippen molar-refractivity contribution in [3.63, 3.8) is 0 Å². The first-order valence-electron chi connectivity index (χ1n) is 4.09. The van der Waals surface area contributed by atoms with Crippen LogP contribution in [0.1, 0.15) is 10.4 Å². The summed E-state index contributed by atoms with van der Waals surface area (Å²) in [5, 5.41) is 15.4. The molecule has 0 aliphatic heterocycles. The molecule has 1 aromatic heterocycles. The third-order valence-electron chi connectivity index (χ3n) is 1.86. The SMILES string of the molecule is O=C(O)c1ccccc1-c1n[nH]c(Br)n1. The number of aromatic carboxylic acids is 1. The molecule has 5 nitrogen and oxygen atoms in total. The number of nitrogens with zero attached hydrogens (tertiary/aromatic N) is 2. The highest BCUT2D eigenvalue weighted by atomic mass is 79.9. The van der Waals surface area contributed by atoms with E-state index in [9.17, 15) is 4.79 Å². The fourth-order valence-electron chi connectivity index (χ4n) is 1.23. The summed E-state index contributed by atoms with van der Waals surface area (Å²) >= 11 is 3.11. The fraction of sp³-hybridized carbons (Fsp3) is 0. The van der Waals surface area contributed by atoms with Crippen LogP contribution in [-0.4, -0.2) is 26.3 Å². The van der Waals surface area contributed by atoms with E-state index in [2.05, 4.69) is 31.1 Å². The lowest BCUT2D eigenvalue weighted by Gasteiger charge is -1.99. The molecule has 76 valence electrons. The number of carbonyl (C=O) groups is 1. The molecule has 0 bridgehead atoms. The molecule has 0 saturated carbocycles. The quantitative estimate of drug-likeness (QED) is 0.872. The zero-order valence-corrected chi connectivity index (χ0v) is 9.02. The topological polar surface area (TPSA) is 78.9 Å². The lowest BCUT2D eigenvalue weighted by Crippen LogP contribution is -1.99. The maximum atomic E-state index is 10.9. The average Bonchev–Trinajstić information content (AvgIpc) is 2.65. The summed E-state index contributed by atoms with van der Waals surface area (Å²) in [7, 11) is 0. The molecule has 2 rings (SSSR count). The van der Waals surface area contributed by atoms with Gasteiger partial charge in [-0.2, -0.15) is 5.10 Å². The van der Waals surface area contributed by atoms with E-state index in [0.29, 0.717) is 16.1 Å². The van der Waals surface area contributed by atoms with Crippen molar-refractivity contribution in [2.75, 3.05) is 0 Å². The van der Waals surface area contributed by atoms with Gasteiger partial charge in [0, 0.05) is 5.56 Å². The Bertz CT molecular complexity index is 510. The standard InChI is InChI=1S/C9H6BrN3O2/c10-9-11-7(12-13-9)5-3-1-2-4-6(5)8(14)15/h1-4H,(H,14,15)(H,11,12,13). The largest absolute Gasteiger partial charge is 0.478 e. The smallest absolute Gasteiger partial charge is 0.336 e. The van der Waals surface area contributed by atoms with E-state index in [1.165, 1.54) is 6.07 Å². The molecule has 0 unspecified atom stereocenters. The highest BCUT2D eigenvalue weighted by Gasteiger charge is 2.13. The monoisotopic (exact) mass is 267 g/mol. The van der Waals surface area contributed by atoms with Gasteiger partial charge in [0.2, 0.25) is 0 Å². The zero-order chi connectivity index (χ0) is 10.8. The Hall–Kier alpha value is -1.69. The molecule has 1 aromatic carbocycles. The molecule has 0 saturated heterocycles. The van der Waals surface area contributed by atoms with Crippen LogP contribution >= 0.6 is 15.9 Å². The van der Waals surface area contributed by atoms with E-state index in [4.69, 9.17) is 5.11 Å². The first-order chi connectivity index (χ1) is 7.18. The van der Waals surface area contributed by atoms with Gasteiger partial charge in [-0.25, -0.2) is 9.78 Å². The van der Waals surface area contributed by atoms with Gasteiger partial charge < -0.3 is 5.11 Å². The van der Waals surface area contributed by atoms with Crippen LogP contribution in [0.3, 0.4) is 0 Å². The second-order valence-electron chi connectivity index (χ2n) is 2.80. The van der Waals surface area contributed by atoms with E-state index in [0.717, 1.165) is 0 Å². The Morgan fingerprint density at radius 1 is 1.40 bits per heavy atom. The number of aromatic amines is 1. The molecule has 6 heteroatoms. The molecule has 15 heavy (non-hydrogen) atoms. The van der Waals surface area contributed by atoms with Crippen LogP contribution < -0.4 is 0 Å². The molecular formula is C9H6BrN3O2. The molecule has 0 amide bonds. The normalized spacial score (nSPS) is 10.2. The van der Waals surface area contributed by atoms with E-state index in [1.54, 1.807) is 18.2 Å². The lowest BCUT2D eigenvalue weighted by atomic mass is 10.1. The van der Waals surface area contributed by atoms with Gasteiger partial charge in [0.05, 0.1) is 5.56 Å². The number of H-pyrrole nitrogens is 1. The summed E-state index contributed by atoms with van der Waals surface area (Å²) in [5.41, 5.74) is 0.677. The first-order valence-corrected chi connectivity index (χ1v) is 4.88. The number of rotatable bonds is 2. The predicted molar refractivity (Wildman–Crippen MR) is 56.5 cm³/mol. The van der Waals surface area contributed by atoms with Gasteiger partial charge in [0.1, 0.15) is 0 Å². The van der Waals surface area contributed by atoms with Gasteiger partial charge in [0.25, 0.3) is 0 Å². The number of hydrogen-bond acceptors (Lipinski definition) is 3. The second kappa shape index (κ2) is 3.82. The average molecular weight is 268 g/mol. The Morgan fingerprint density at radius 3 is 2.73 bits per heavy atom. The number of carboxylic acids is 1. The van der Waals surface area contributed by atoms with Crippen molar-refractivity contribution >= 4 is 21.9 Å². The Balaban J connectivity index is 2.57. The Morgan fingerprint density at radius 2 is 2.13 bits per heavy atom. The van der Waals surface area contributed by atoms with Crippen molar-refractivity contribution in [1.29, 1.82) is 0 Å². The van der Waals surface area contributed by atoms with Crippen LogP contribution in [0, 0.1) is 0 Å². The van der Waals surface area contributed by atoms with E-state index in [-0.39, 0.29) is 5.56 Å². The third-order valence-corrected chi connectivity index (χ3v) is 2.21. The van der Waals surface area contributed by atoms with Gasteiger partial charge in [-0.3, -0.25) is 5.10 Å². The third kappa shape index (κ3) is 1.89. The molecule has 0 spiro atoms. The molecule has 2 aromatic rings. The molecule has 0 radical (unpaired) electrons. The summed E-state index contributed by atoms with van der Waals surface area (Å²) in [6.07, 6.45) is 0. The number of carboxylic acid groups (broad SMARTS) is 1. The zero-order valence-electron chi connectivity index (χ0n) is 7.44. The molecule has 0 atom stereocenters. The minimum atomic E-state index is -0.994.